The second kappa shape index (κ2) is 5.04. The molecule has 0 aliphatic rings. The lowest BCUT2D eigenvalue weighted by molar-refractivity contribution is 0.309. The summed E-state index contributed by atoms with van der Waals surface area (Å²) < 4.78 is 5.41. The molecule has 0 spiro atoms. The minimum Gasteiger partial charge on any atom is -0.468 e. The van der Waals surface area contributed by atoms with Gasteiger partial charge in [0.15, 0.2) is 0 Å². The standard InChI is InChI=1S/C10H18N2O/c1-4-12(3)7-10-5-9(6-11-2)8-13-10/h5,8,11H,4,6-7H2,1-3H3. The fourth-order valence-electron chi connectivity index (χ4n) is 1.18. The Balaban J connectivity index is 2.48. The van der Waals surface area contributed by atoms with Gasteiger partial charge in [0.05, 0.1) is 12.8 Å². The highest BCUT2D eigenvalue weighted by Gasteiger charge is 2.02. The van der Waals surface area contributed by atoms with Gasteiger partial charge in [0.1, 0.15) is 5.76 Å². The van der Waals surface area contributed by atoms with E-state index in [2.05, 4.69) is 30.3 Å². The highest BCUT2D eigenvalue weighted by atomic mass is 16.3. The van der Waals surface area contributed by atoms with E-state index in [1.807, 2.05) is 13.3 Å². The molecule has 0 radical (unpaired) electrons. The molecule has 74 valence electrons. The molecule has 0 saturated heterocycles. The summed E-state index contributed by atoms with van der Waals surface area (Å²) in [6.07, 6.45) is 1.81. The molecular formula is C10H18N2O. The maximum Gasteiger partial charge on any atom is 0.118 e. The Morgan fingerprint density at radius 3 is 2.92 bits per heavy atom. The smallest absolute Gasteiger partial charge is 0.118 e. The van der Waals surface area contributed by atoms with Gasteiger partial charge in [-0.2, -0.15) is 0 Å². The first-order chi connectivity index (χ1) is 6.26. The van der Waals surface area contributed by atoms with E-state index in [4.69, 9.17) is 4.42 Å². The van der Waals surface area contributed by atoms with Gasteiger partial charge in [-0.25, -0.2) is 0 Å². The van der Waals surface area contributed by atoms with Crippen LogP contribution in [-0.4, -0.2) is 25.5 Å². The fraction of sp³-hybridized carbons (Fsp3) is 0.600. The van der Waals surface area contributed by atoms with Gasteiger partial charge < -0.3 is 9.73 Å². The van der Waals surface area contributed by atoms with Crippen molar-refractivity contribution in [1.29, 1.82) is 0 Å². The summed E-state index contributed by atoms with van der Waals surface area (Å²) in [5, 5.41) is 3.09. The average Bonchev–Trinajstić information content (AvgIpc) is 2.53. The quantitative estimate of drug-likeness (QED) is 0.747. The molecule has 3 nitrogen and oxygen atoms in total. The van der Waals surface area contributed by atoms with Gasteiger partial charge in [0.2, 0.25) is 0 Å². The molecule has 0 saturated carbocycles. The lowest BCUT2D eigenvalue weighted by Gasteiger charge is -2.10. The maximum absolute atomic E-state index is 5.41. The number of rotatable bonds is 5. The van der Waals surface area contributed by atoms with Gasteiger partial charge in [-0.3, -0.25) is 4.90 Å². The van der Waals surface area contributed by atoms with Crippen LogP contribution >= 0.6 is 0 Å². The predicted molar refractivity (Wildman–Crippen MR) is 53.5 cm³/mol. The van der Waals surface area contributed by atoms with Crippen molar-refractivity contribution in [2.45, 2.75) is 20.0 Å². The first kappa shape index (κ1) is 10.3. The molecule has 0 atom stereocenters. The largest absolute Gasteiger partial charge is 0.468 e. The first-order valence-electron chi connectivity index (χ1n) is 4.65. The van der Waals surface area contributed by atoms with Crippen molar-refractivity contribution in [3.8, 4) is 0 Å². The second-order valence-electron chi connectivity index (χ2n) is 3.28. The number of hydrogen-bond donors (Lipinski definition) is 1. The summed E-state index contributed by atoms with van der Waals surface area (Å²) in [4.78, 5) is 2.21. The van der Waals surface area contributed by atoms with Crippen LogP contribution in [0.1, 0.15) is 18.2 Å². The summed E-state index contributed by atoms with van der Waals surface area (Å²) in [5.41, 5.74) is 1.21. The van der Waals surface area contributed by atoms with Crippen molar-refractivity contribution in [3.63, 3.8) is 0 Å². The van der Waals surface area contributed by atoms with E-state index >= 15 is 0 Å². The first-order valence-corrected chi connectivity index (χ1v) is 4.65. The van der Waals surface area contributed by atoms with Crippen LogP contribution in [0.2, 0.25) is 0 Å². The predicted octanol–water partition coefficient (Wildman–Crippen LogP) is 1.45. The van der Waals surface area contributed by atoms with Crippen molar-refractivity contribution in [3.05, 3.63) is 23.7 Å². The summed E-state index contributed by atoms with van der Waals surface area (Å²) in [6, 6.07) is 2.10. The van der Waals surface area contributed by atoms with Gasteiger partial charge in [-0.1, -0.05) is 6.92 Å². The summed E-state index contributed by atoms with van der Waals surface area (Å²) in [6.45, 7) is 4.94. The van der Waals surface area contributed by atoms with Crippen molar-refractivity contribution in [1.82, 2.24) is 10.2 Å². The summed E-state index contributed by atoms with van der Waals surface area (Å²) >= 11 is 0. The molecule has 1 aromatic rings. The second-order valence-corrected chi connectivity index (χ2v) is 3.28. The van der Waals surface area contributed by atoms with Crippen LogP contribution in [0.5, 0.6) is 0 Å². The van der Waals surface area contributed by atoms with Crippen molar-refractivity contribution in [2.24, 2.45) is 0 Å². The molecule has 1 N–H and O–H groups in total. The molecule has 0 aliphatic carbocycles. The van der Waals surface area contributed by atoms with Crippen molar-refractivity contribution >= 4 is 0 Å². The summed E-state index contributed by atoms with van der Waals surface area (Å²) in [7, 11) is 4.02. The molecule has 3 heteroatoms. The molecule has 1 aromatic heterocycles. The van der Waals surface area contributed by atoms with Crippen LogP contribution in [0.4, 0.5) is 0 Å². The Hall–Kier alpha value is -0.800. The highest BCUT2D eigenvalue weighted by molar-refractivity contribution is 5.12. The molecule has 0 amide bonds. The Morgan fingerprint density at radius 1 is 1.54 bits per heavy atom. The van der Waals surface area contributed by atoms with Crippen LogP contribution < -0.4 is 5.32 Å². The Kier molecular flexibility index (Phi) is 3.99. The summed E-state index contributed by atoms with van der Waals surface area (Å²) in [5.74, 6) is 1.04. The normalized spacial score (nSPS) is 11.1. The van der Waals surface area contributed by atoms with Gasteiger partial charge in [0, 0.05) is 12.1 Å². The highest BCUT2D eigenvalue weighted by Crippen LogP contribution is 2.09. The monoisotopic (exact) mass is 182 g/mol. The van der Waals surface area contributed by atoms with Crippen molar-refractivity contribution < 1.29 is 4.42 Å². The van der Waals surface area contributed by atoms with Crippen LogP contribution in [0.15, 0.2) is 16.7 Å². The van der Waals surface area contributed by atoms with Gasteiger partial charge >= 0.3 is 0 Å². The molecule has 0 fully saturated rings. The van der Waals surface area contributed by atoms with E-state index in [1.54, 1.807) is 0 Å². The van der Waals surface area contributed by atoms with E-state index in [-0.39, 0.29) is 0 Å². The van der Waals surface area contributed by atoms with Crippen LogP contribution in [0.25, 0.3) is 0 Å². The molecule has 0 aliphatic heterocycles. The third-order valence-electron chi connectivity index (χ3n) is 2.05. The third-order valence-corrected chi connectivity index (χ3v) is 2.05. The van der Waals surface area contributed by atoms with E-state index in [1.165, 1.54) is 5.56 Å². The molecule has 1 heterocycles. The number of nitrogens with zero attached hydrogens (tertiary/aromatic N) is 1. The van der Waals surface area contributed by atoms with E-state index < -0.39 is 0 Å². The van der Waals surface area contributed by atoms with Gasteiger partial charge in [0.25, 0.3) is 0 Å². The third kappa shape index (κ3) is 3.20. The zero-order chi connectivity index (χ0) is 9.68. The van der Waals surface area contributed by atoms with Crippen LogP contribution in [0.3, 0.4) is 0 Å². The molecule has 0 unspecified atom stereocenters. The molecule has 0 bridgehead atoms. The number of nitrogens with one attached hydrogen (secondary N) is 1. The zero-order valence-electron chi connectivity index (χ0n) is 8.63. The fourth-order valence-corrected chi connectivity index (χ4v) is 1.18. The Labute approximate surface area is 79.7 Å². The lowest BCUT2D eigenvalue weighted by atomic mass is 10.3. The van der Waals surface area contributed by atoms with Crippen LogP contribution in [0, 0.1) is 0 Å². The van der Waals surface area contributed by atoms with Gasteiger partial charge in [-0.15, -0.1) is 0 Å². The topological polar surface area (TPSA) is 28.4 Å². The zero-order valence-corrected chi connectivity index (χ0v) is 8.63. The Bertz CT molecular complexity index is 245. The maximum atomic E-state index is 5.41. The van der Waals surface area contributed by atoms with Crippen molar-refractivity contribution in [2.75, 3.05) is 20.6 Å². The van der Waals surface area contributed by atoms with Gasteiger partial charge in [-0.05, 0) is 26.7 Å². The number of hydrogen-bond acceptors (Lipinski definition) is 3. The Morgan fingerprint density at radius 2 is 2.31 bits per heavy atom. The van der Waals surface area contributed by atoms with E-state index in [0.29, 0.717) is 0 Å². The lowest BCUT2D eigenvalue weighted by Crippen LogP contribution is -2.16. The SMILES string of the molecule is CCN(C)Cc1cc(CNC)co1. The van der Waals surface area contributed by atoms with Crippen LogP contribution in [-0.2, 0) is 13.1 Å². The molecule has 1 rings (SSSR count). The number of furan rings is 1. The van der Waals surface area contributed by atoms with E-state index in [0.717, 1.165) is 25.4 Å². The average molecular weight is 182 g/mol. The molecule has 0 aromatic carbocycles. The molecule has 13 heavy (non-hydrogen) atoms. The minimum absolute atomic E-state index is 0.874. The molecular weight excluding hydrogens is 164 g/mol. The minimum atomic E-state index is 0.874. The van der Waals surface area contributed by atoms with E-state index in [9.17, 15) is 0 Å².